The number of fused-ring (bicyclic) bond motifs is 1. The third-order valence-corrected chi connectivity index (χ3v) is 9.86. The summed E-state index contributed by atoms with van der Waals surface area (Å²) < 4.78 is 7.32. The standard InChI is InChI=1S/C26H23N3OP.ClH/c1-30-24-18-11-19-29-26(24)27-25(28-29)20-31(21-12-5-2-6-13-21,22-14-7-3-8-15-22)23-16-9-4-10-17-23;/h2-19H,20H2,1H3;1H/q+1;/p-1. The van der Waals surface area contributed by atoms with Gasteiger partial charge in [0.1, 0.15) is 29.3 Å². The Morgan fingerprint density at radius 2 is 1.22 bits per heavy atom. The van der Waals surface area contributed by atoms with Crippen molar-refractivity contribution in [3.05, 3.63) is 115 Å². The molecule has 0 fully saturated rings. The van der Waals surface area contributed by atoms with Gasteiger partial charge in [-0.2, -0.15) is 0 Å². The molecular weight excluding hydrogens is 437 g/mol. The molecule has 0 bridgehead atoms. The van der Waals surface area contributed by atoms with E-state index in [-0.39, 0.29) is 12.4 Å². The number of methoxy groups -OCH3 is 1. The summed E-state index contributed by atoms with van der Waals surface area (Å²) in [5.41, 5.74) is 0.743. The lowest BCUT2D eigenvalue weighted by molar-refractivity contribution is -0.00000652. The predicted octanol–water partition coefficient (Wildman–Crippen LogP) is 1.24. The highest BCUT2D eigenvalue weighted by Crippen LogP contribution is 2.57. The molecule has 0 aliphatic carbocycles. The summed E-state index contributed by atoms with van der Waals surface area (Å²) in [6.07, 6.45) is 2.65. The summed E-state index contributed by atoms with van der Waals surface area (Å²) in [6, 6.07) is 36.2. The summed E-state index contributed by atoms with van der Waals surface area (Å²) in [5.74, 6) is 1.54. The Morgan fingerprint density at radius 1 is 0.719 bits per heavy atom. The van der Waals surface area contributed by atoms with Gasteiger partial charge in [0.15, 0.2) is 17.2 Å². The first-order valence-corrected chi connectivity index (χ1v) is 12.2. The molecule has 2 aromatic heterocycles. The van der Waals surface area contributed by atoms with Crippen LogP contribution >= 0.6 is 7.26 Å². The molecule has 32 heavy (non-hydrogen) atoms. The minimum Gasteiger partial charge on any atom is -1.00 e. The van der Waals surface area contributed by atoms with E-state index in [4.69, 9.17) is 14.8 Å². The summed E-state index contributed by atoms with van der Waals surface area (Å²) in [7, 11) is -0.368. The third-order valence-electron chi connectivity index (χ3n) is 5.56. The number of hydrogen-bond donors (Lipinski definition) is 0. The van der Waals surface area contributed by atoms with E-state index >= 15 is 0 Å². The molecule has 0 radical (unpaired) electrons. The summed E-state index contributed by atoms with van der Waals surface area (Å²) >= 11 is 0. The van der Waals surface area contributed by atoms with Gasteiger partial charge in [0.05, 0.1) is 7.11 Å². The molecule has 6 heteroatoms. The van der Waals surface area contributed by atoms with Crippen LogP contribution in [0.4, 0.5) is 0 Å². The summed E-state index contributed by atoms with van der Waals surface area (Å²) in [5, 5.41) is 8.79. The second-order valence-corrected chi connectivity index (χ2v) is 10.8. The first-order valence-electron chi connectivity index (χ1n) is 10.2. The molecule has 5 rings (SSSR count). The first kappa shape index (κ1) is 22.0. The smallest absolute Gasteiger partial charge is 0.198 e. The number of aromatic nitrogens is 3. The van der Waals surface area contributed by atoms with Crippen molar-refractivity contribution in [1.29, 1.82) is 0 Å². The maximum Gasteiger partial charge on any atom is 0.198 e. The fraction of sp³-hybridized carbons (Fsp3) is 0.0769. The zero-order chi connectivity index (χ0) is 21.1. The van der Waals surface area contributed by atoms with Gasteiger partial charge in [-0.1, -0.05) is 54.6 Å². The second kappa shape index (κ2) is 9.52. The number of halogens is 1. The second-order valence-electron chi connectivity index (χ2n) is 7.35. The van der Waals surface area contributed by atoms with Crippen LogP contribution in [0.3, 0.4) is 0 Å². The Kier molecular flexibility index (Phi) is 6.55. The van der Waals surface area contributed by atoms with E-state index in [0.29, 0.717) is 0 Å². The summed E-state index contributed by atoms with van der Waals surface area (Å²) in [6.45, 7) is 0. The van der Waals surface area contributed by atoms with Gasteiger partial charge >= 0.3 is 0 Å². The minimum atomic E-state index is -2.03. The van der Waals surface area contributed by atoms with Crippen LogP contribution in [-0.2, 0) is 6.16 Å². The zero-order valence-electron chi connectivity index (χ0n) is 17.7. The maximum absolute atomic E-state index is 5.51. The molecule has 0 saturated carbocycles. The predicted molar refractivity (Wildman–Crippen MR) is 128 cm³/mol. The monoisotopic (exact) mass is 459 g/mol. The van der Waals surface area contributed by atoms with Crippen molar-refractivity contribution < 1.29 is 17.1 Å². The van der Waals surface area contributed by atoms with E-state index in [0.717, 1.165) is 23.4 Å². The van der Waals surface area contributed by atoms with Gasteiger partial charge < -0.3 is 17.1 Å². The molecule has 5 aromatic rings. The molecular formula is C26H23ClN3OP. The molecule has 0 spiro atoms. The zero-order valence-corrected chi connectivity index (χ0v) is 19.3. The van der Waals surface area contributed by atoms with Crippen molar-refractivity contribution in [3.8, 4) is 5.75 Å². The highest BCUT2D eigenvalue weighted by atomic mass is 35.5. The van der Waals surface area contributed by atoms with Crippen molar-refractivity contribution in [3.63, 3.8) is 0 Å². The largest absolute Gasteiger partial charge is 1.00 e. The molecule has 3 aromatic carbocycles. The molecule has 0 saturated heterocycles. The van der Waals surface area contributed by atoms with Crippen LogP contribution in [0.5, 0.6) is 5.75 Å². The molecule has 0 amide bonds. The Labute approximate surface area is 194 Å². The molecule has 0 N–H and O–H groups in total. The van der Waals surface area contributed by atoms with E-state index in [1.165, 1.54) is 15.9 Å². The van der Waals surface area contributed by atoms with Crippen LogP contribution in [0.15, 0.2) is 109 Å². The lowest BCUT2D eigenvalue weighted by Crippen LogP contribution is -3.00. The van der Waals surface area contributed by atoms with Crippen molar-refractivity contribution in [2.24, 2.45) is 0 Å². The van der Waals surface area contributed by atoms with Crippen molar-refractivity contribution >= 4 is 28.8 Å². The van der Waals surface area contributed by atoms with Gasteiger partial charge in [-0.3, -0.25) is 0 Å². The maximum atomic E-state index is 5.51. The van der Waals surface area contributed by atoms with E-state index in [2.05, 4.69) is 91.0 Å². The Balaban J connectivity index is 0.00000245. The van der Waals surface area contributed by atoms with Crippen LogP contribution in [0.2, 0.25) is 0 Å². The number of hydrogen-bond acceptors (Lipinski definition) is 3. The van der Waals surface area contributed by atoms with Crippen molar-refractivity contribution in [2.75, 3.05) is 7.11 Å². The fourth-order valence-electron chi connectivity index (χ4n) is 4.13. The topological polar surface area (TPSA) is 39.4 Å². The van der Waals surface area contributed by atoms with E-state index in [9.17, 15) is 0 Å². The number of nitrogens with zero attached hydrogens (tertiary/aromatic N) is 3. The van der Waals surface area contributed by atoms with Gasteiger partial charge in [-0.15, -0.1) is 5.10 Å². The highest BCUT2D eigenvalue weighted by Gasteiger charge is 2.46. The molecule has 2 heterocycles. The van der Waals surface area contributed by atoms with Crippen LogP contribution < -0.4 is 33.1 Å². The van der Waals surface area contributed by atoms with Crippen LogP contribution in [0, 0.1) is 0 Å². The number of pyridine rings is 1. The molecule has 0 atom stereocenters. The summed E-state index contributed by atoms with van der Waals surface area (Å²) in [4.78, 5) is 4.90. The van der Waals surface area contributed by atoms with Crippen LogP contribution in [0.1, 0.15) is 5.82 Å². The highest BCUT2D eigenvalue weighted by molar-refractivity contribution is 7.95. The SMILES string of the molecule is COc1cccn2nc(C[P+](c3ccccc3)(c3ccccc3)c3ccccc3)nc12.[Cl-]. The van der Waals surface area contributed by atoms with Crippen molar-refractivity contribution in [2.45, 2.75) is 6.16 Å². The molecule has 160 valence electrons. The van der Waals surface area contributed by atoms with Gasteiger partial charge in [-0.25, -0.2) is 9.50 Å². The van der Waals surface area contributed by atoms with Gasteiger partial charge in [0.2, 0.25) is 0 Å². The average Bonchev–Trinajstić information content (AvgIpc) is 3.27. The molecule has 4 nitrogen and oxygen atoms in total. The molecule has 0 aliphatic rings. The Morgan fingerprint density at radius 3 is 1.69 bits per heavy atom. The normalized spacial score (nSPS) is 11.2. The minimum absolute atomic E-state index is 0. The first-order chi connectivity index (χ1) is 15.3. The van der Waals surface area contributed by atoms with Gasteiger partial charge in [0, 0.05) is 6.20 Å². The molecule has 0 aliphatic heterocycles. The van der Waals surface area contributed by atoms with E-state index < -0.39 is 7.26 Å². The van der Waals surface area contributed by atoms with E-state index in [1.807, 2.05) is 22.8 Å². The number of rotatable bonds is 6. The number of ether oxygens (including phenoxy) is 1. The molecule has 0 unspecified atom stereocenters. The lowest BCUT2D eigenvalue weighted by atomic mass is 10.4. The lowest BCUT2D eigenvalue weighted by Gasteiger charge is -2.26. The van der Waals surface area contributed by atoms with Gasteiger partial charge in [-0.05, 0) is 48.5 Å². The van der Waals surface area contributed by atoms with Crippen LogP contribution in [0.25, 0.3) is 5.65 Å². The van der Waals surface area contributed by atoms with E-state index in [1.54, 1.807) is 7.11 Å². The van der Waals surface area contributed by atoms with Gasteiger partial charge in [0.25, 0.3) is 0 Å². The Hall–Kier alpha value is -3.20. The number of benzene rings is 3. The average molecular weight is 460 g/mol. The third kappa shape index (κ3) is 3.88. The Bertz CT molecular complexity index is 1200. The quantitative estimate of drug-likeness (QED) is 0.359. The fourth-order valence-corrected chi connectivity index (χ4v) is 8.18. The van der Waals surface area contributed by atoms with Crippen LogP contribution in [-0.4, -0.2) is 21.7 Å². The van der Waals surface area contributed by atoms with Crippen molar-refractivity contribution in [1.82, 2.24) is 14.6 Å².